The number of aromatic nitrogens is 1. The quantitative estimate of drug-likeness (QED) is 0.495. The molecule has 1 heterocycles. The van der Waals surface area contributed by atoms with E-state index in [-0.39, 0.29) is 24.5 Å². The fourth-order valence-corrected chi connectivity index (χ4v) is 3.31. The second kappa shape index (κ2) is 9.56. The highest BCUT2D eigenvalue weighted by atomic mass is 19.4. The number of hydrogen-bond acceptors (Lipinski definition) is 6. The topological polar surface area (TPSA) is 84.2 Å². The number of aryl methyl sites for hydroxylation is 1. The molecule has 1 N–H and O–H groups in total. The molecular formula is C23H20F3N3O3. The summed E-state index contributed by atoms with van der Waals surface area (Å²) in [4.78, 5) is 16.9. The van der Waals surface area contributed by atoms with Crippen molar-refractivity contribution in [1.82, 2.24) is 4.98 Å². The van der Waals surface area contributed by atoms with E-state index in [0.29, 0.717) is 34.1 Å². The molecule has 0 saturated heterocycles. The monoisotopic (exact) mass is 443 g/mol. The van der Waals surface area contributed by atoms with E-state index < -0.39 is 12.3 Å². The number of anilines is 1. The number of ether oxygens (including phenoxy) is 2. The van der Waals surface area contributed by atoms with Gasteiger partial charge in [0.15, 0.2) is 0 Å². The van der Waals surface area contributed by atoms with Crippen molar-refractivity contribution in [2.75, 3.05) is 11.9 Å². The number of benzene rings is 2. The highest BCUT2D eigenvalue weighted by Gasteiger charge is 2.31. The number of halogens is 3. The Bertz CT molecular complexity index is 1190. The van der Waals surface area contributed by atoms with E-state index in [0.717, 1.165) is 5.56 Å². The van der Waals surface area contributed by atoms with E-state index in [1.807, 2.05) is 6.92 Å². The highest BCUT2D eigenvalue weighted by molar-refractivity contribution is 6.06. The van der Waals surface area contributed by atoms with Gasteiger partial charge in [-0.05, 0) is 48.7 Å². The normalized spacial score (nSPS) is 11.1. The number of rotatable bonds is 7. The third-order valence-electron chi connectivity index (χ3n) is 4.66. The van der Waals surface area contributed by atoms with Gasteiger partial charge in [-0.3, -0.25) is 4.98 Å². The SMILES string of the molecule is CCOC(=O)c1cnc2c(CC)cc(C#N)cc2c1NCc1cccc(OC(F)(F)F)c1. The first kappa shape index (κ1) is 22.9. The summed E-state index contributed by atoms with van der Waals surface area (Å²) in [6.45, 7) is 3.86. The Kier molecular flexibility index (Phi) is 6.83. The average Bonchev–Trinajstić information content (AvgIpc) is 2.75. The molecule has 0 atom stereocenters. The molecule has 2 aromatic carbocycles. The third kappa shape index (κ3) is 5.27. The zero-order chi connectivity index (χ0) is 23.3. The van der Waals surface area contributed by atoms with Gasteiger partial charge in [-0.15, -0.1) is 13.2 Å². The molecular weight excluding hydrogens is 423 g/mol. The van der Waals surface area contributed by atoms with Crippen molar-refractivity contribution in [3.05, 3.63) is 64.8 Å². The lowest BCUT2D eigenvalue weighted by Gasteiger charge is -2.16. The second-order valence-corrected chi connectivity index (χ2v) is 6.81. The fraction of sp³-hybridized carbons (Fsp3) is 0.261. The maximum atomic E-state index is 12.5. The van der Waals surface area contributed by atoms with Crippen LogP contribution in [0.1, 0.15) is 40.9 Å². The van der Waals surface area contributed by atoms with Crippen molar-refractivity contribution < 1.29 is 27.4 Å². The molecule has 1 aromatic heterocycles. The molecule has 0 aliphatic rings. The molecule has 0 fully saturated rings. The zero-order valence-corrected chi connectivity index (χ0v) is 17.4. The van der Waals surface area contributed by atoms with Crippen LogP contribution in [0.5, 0.6) is 5.75 Å². The van der Waals surface area contributed by atoms with Crippen LogP contribution in [-0.4, -0.2) is 23.9 Å². The van der Waals surface area contributed by atoms with Crippen LogP contribution in [0.15, 0.2) is 42.6 Å². The molecule has 0 aliphatic carbocycles. The number of nitriles is 1. The summed E-state index contributed by atoms with van der Waals surface area (Å²) in [5, 5.41) is 13.1. The van der Waals surface area contributed by atoms with Gasteiger partial charge in [-0.1, -0.05) is 19.1 Å². The van der Waals surface area contributed by atoms with Gasteiger partial charge in [-0.2, -0.15) is 5.26 Å². The Morgan fingerprint density at radius 1 is 1.22 bits per heavy atom. The van der Waals surface area contributed by atoms with Gasteiger partial charge >= 0.3 is 12.3 Å². The van der Waals surface area contributed by atoms with Crippen LogP contribution in [0.25, 0.3) is 10.9 Å². The average molecular weight is 443 g/mol. The maximum Gasteiger partial charge on any atom is 0.573 e. The largest absolute Gasteiger partial charge is 0.573 e. The van der Waals surface area contributed by atoms with Crippen molar-refractivity contribution in [3.63, 3.8) is 0 Å². The number of fused-ring (bicyclic) bond motifs is 1. The summed E-state index contributed by atoms with van der Waals surface area (Å²) in [6, 6.07) is 11.0. The molecule has 0 saturated carbocycles. The second-order valence-electron chi connectivity index (χ2n) is 6.81. The predicted octanol–water partition coefficient (Wildman–Crippen LogP) is 5.36. The molecule has 3 rings (SSSR count). The lowest BCUT2D eigenvalue weighted by atomic mass is 10.0. The highest BCUT2D eigenvalue weighted by Crippen LogP contribution is 2.31. The summed E-state index contributed by atoms with van der Waals surface area (Å²) in [5.41, 5.74) is 2.91. The van der Waals surface area contributed by atoms with Crippen molar-refractivity contribution in [2.45, 2.75) is 33.2 Å². The Hall–Kier alpha value is -3.80. The molecule has 0 amide bonds. The molecule has 166 valence electrons. The first-order valence-corrected chi connectivity index (χ1v) is 9.87. The molecule has 3 aromatic rings. The number of pyridine rings is 1. The van der Waals surface area contributed by atoms with Gasteiger partial charge in [0, 0.05) is 18.1 Å². The third-order valence-corrected chi connectivity index (χ3v) is 4.66. The van der Waals surface area contributed by atoms with Crippen molar-refractivity contribution >= 4 is 22.6 Å². The minimum atomic E-state index is -4.80. The smallest absolute Gasteiger partial charge is 0.462 e. The Labute approximate surface area is 182 Å². The summed E-state index contributed by atoms with van der Waals surface area (Å²) in [6.07, 6.45) is -2.78. The number of alkyl halides is 3. The minimum Gasteiger partial charge on any atom is -0.462 e. The summed E-state index contributed by atoms with van der Waals surface area (Å²) in [5.74, 6) is -0.944. The number of hydrogen-bond donors (Lipinski definition) is 1. The number of nitrogens with one attached hydrogen (secondary N) is 1. The molecule has 6 nitrogen and oxygen atoms in total. The van der Waals surface area contributed by atoms with Gasteiger partial charge < -0.3 is 14.8 Å². The lowest BCUT2D eigenvalue weighted by molar-refractivity contribution is -0.274. The van der Waals surface area contributed by atoms with Gasteiger partial charge in [0.2, 0.25) is 0 Å². The number of carbonyl (C=O) groups excluding carboxylic acids is 1. The first-order valence-electron chi connectivity index (χ1n) is 9.87. The molecule has 0 radical (unpaired) electrons. The molecule has 0 aliphatic heterocycles. The van der Waals surface area contributed by atoms with Crippen molar-refractivity contribution in [1.29, 1.82) is 5.26 Å². The Balaban J connectivity index is 2.05. The summed E-state index contributed by atoms with van der Waals surface area (Å²) >= 11 is 0. The number of esters is 1. The van der Waals surface area contributed by atoms with Crippen molar-refractivity contribution in [2.24, 2.45) is 0 Å². The number of nitrogens with zero attached hydrogens (tertiary/aromatic N) is 2. The van der Waals surface area contributed by atoms with Crippen LogP contribution < -0.4 is 10.1 Å². The van der Waals surface area contributed by atoms with E-state index in [1.165, 1.54) is 24.4 Å². The van der Waals surface area contributed by atoms with Crippen molar-refractivity contribution in [3.8, 4) is 11.8 Å². The Morgan fingerprint density at radius 3 is 2.66 bits per heavy atom. The first-order chi connectivity index (χ1) is 15.3. The minimum absolute atomic E-state index is 0.0960. The Morgan fingerprint density at radius 2 is 2.00 bits per heavy atom. The van der Waals surface area contributed by atoms with E-state index in [4.69, 9.17) is 4.74 Å². The molecule has 32 heavy (non-hydrogen) atoms. The van der Waals surface area contributed by atoms with Gasteiger partial charge in [0.05, 0.1) is 29.4 Å². The van der Waals surface area contributed by atoms with Crippen LogP contribution >= 0.6 is 0 Å². The van der Waals surface area contributed by atoms with Gasteiger partial charge in [-0.25, -0.2) is 4.79 Å². The molecule has 0 bridgehead atoms. The van der Waals surface area contributed by atoms with Crippen LogP contribution in [-0.2, 0) is 17.7 Å². The molecule has 0 unspecified atom stereocenters. The van der Waals surface area contributed by atoms with Gasteiger partial charge in [0.25, 0.3) is 0 Å². The maximum absolute atomic E-state index is 12.5. The molecule has 0 spiro atoms. The van der Waals surface area contributed by atoms with E-state index in [9.17, 15) is 23.2 Å². The van der Waals surface area contributed by atoms with E-state index in [2.05, 4.69) is 21.1 Å². The van der Waals surface area contributed by atoms with E-state index in [1.54, 1.807) is 25.1 Å². The zero-order valence-electron chi connectivity index (χ0n) is 17.4. The summed E-state index contributed by atoms with van der Waals surface area (Å²) in [7, 11) is 0. The van der Waals surface area contributed by atoms with Gasteiger partial charge in [0.1, 0.15) is 11.3 Å². The lowest BCUT2D eigenvalue weighted by Crippen LogP contribution is -2.17. The standard InChI is InChI=1S/C23H20F3N3O3/c1-3-16-8-15(11-27)10-18-20(16)29-13-19(22(30)31-4-2)21(18)28-12-14-6-5-7-17(9-14)32-23(24,25)26/h5-10,13H,3-4,12H2,1-2H3,(H,28,29). The fourth-order valence-electron chi connectivity index (χ4n) is 3.31. The summed E-state index contributed by atoms with van der Waals surface area (Å²) < 4.78 is 46.7. The molecule has 9 heteroatoms. The number of carbonyl (C=O) groups is 1. The predicted molar refractivity (Wildman–Crippen MR) is 112 cm³/mol. The van der Waals surface area contributed by atoms with E-state index >= 15 is 0 Å². The van der Waals surface area contributed by atoms with Crippen LogP contribution in [0.2, 0.25) is 0 Å². The van der Waals surface area contributed by atoms with Crippen LogP contribution in [0, 0.1) is 11.3 Å². The van der Waals surface area contributed by atoms with Crippen LogP contribution in [0.4, 0.5) is 18.9 Å². The van der Waals surface area contributed by atoms with Crippen LogP contribution in [0.3, 0.4) is 0 Å².